The highest BCUT2D eigenvalue weighted by molar-refractivity contribution is 8.27. The molecular weight excluding hydrogens is 513 g/mol. The summed E-state index contributed by atoms with van der Waals surface area (Å²) in [5.74, 6) is -0.450. The predicted octanol–water partition coefficient (Wildman–Crippen LogP) is 7.77. The highest BCUT2D eigenvalue weighted by Crippen LogP contribution is 2.39. The molecule has 0 atom stereocenters. The molecule has 35 heavy (non-hydrogen) atoms. The van der Waals surface area contributed by atoms with Crippen LogP contribution >= 0.6 is 35.6 Å². The molecule has 0 saturated carbocycles. The molecule has 0 radical (unpaired) electrons. The van der Waals surface area contributed by atoms with E-state index in [0.29, 0.717) is 16.5 Å². The van der Waals surface area contributed by atoms with Gasteiger partial charge < -0.3 is 4.57 Å². The SMILES string of the molecule is O=C1/C(=C\c2cn(Cc3ccc(Cl)cc3)c3ccccc23)SC(=S)N1c1cccc(C(F)(F)F)c1. The number of benzene rings is 3. The first kappa shape index (κ1) is 23.7. The molecule has 1 aliphatic heterocycles. The predicted molar refractivity (Wildman–Crippen MR) is 140 cm³/mol. The van der Waals surface area contributed by atoms with Gasteiger partial charge in [-0.05, 0) is 48.0 Å². The quantitative estimate of drug-likeness (QED) is 0.200. The number of aromatic nitrogens is 1. The van der Waals surface area contributed by atoms with Crippen molar-refractivity contribution in [2.75, 3.05) is 4.90 Å². The molecule has 0 N–H and O–H groups in total. The van der Waals surface area contributed by atoms with Crippen LogP contribution in [0.15, 0.2) is 83.9 Å². The fraction of sp³-hybridized carbons (Fsp3) is 0.0769. The minimum atomic E-state index is -4.52. The van der Waals surface area contributed by atoms with Gasteiger partial charge in [-0.3, -0.25) is 9.69 Å². The van der Waals surface area contributed by atoms with Crippen LogP contribution in [0.4, 0.5) is 18.9 Å². The Morgan fingerprint density at radius 1 is 1.00 bits per heavy atom. The van der Waals surface area contributed by atoms with Crippen LogP contribution in [0.3, 0.4) is 0 Å². The van der Waals surface area contributed by atoms with E-state index < -0.39 is 17.6 Å². The Morgan fingerprint density at radius 2 is 1.74 bits per heavy atom. The van der Waals surface area contributed by atoms with Crippen molar-refractivity contribution >= 4 is 68.5 Å². The molecule has 1 aliphatic rings. The lowest BCUT2D eigenvalue weighted by Gasteiger charge is -2.16. The van der Waals surface area contributed by atoms with Gasteiger partial charge in [-0.15, -0.1) is 0 Å². The maximum absolute atomic E-state index is 13.2. The zero-order valence-electron chi connectivity index (χ0n) is 17.9. The zero-order valence-corrected chi connectivity index (χ0v) is 20.3. The number of alkyl halides is 3. The average Bonchev–Trinajstić information content (AvgIpc) is 3.31. The molecule has 3 nitrogen and oxygen atoms in total. The number of rotatable bonds is 4. The van der Waals surface area contributed by atoms with E-state index in [1.165, 1.54) is 12.1 Å². The molecular formula is C26H16ClF3N2OS2. The first-order valence-electron chi connectivity index (χ1n) is 10.5. The fourth-order valence-electron chi connectivity index (χ4n) is 3.96. The van der Waals surface area contributed by atoms with E-state index in [0.717, 1.165) is 50.8 Å². The standard InChI is InChI=1S/C26H16ClF3N2OS2/c27-19-10-8-16(9-11-19)14-31-15-17(21-6-1-2-7-22(21)31)12-23-24(33)32(25(34)35-23)20-5-3-4-18(13-20)26(28,29)30/h1-13,15H,14H2/b23-12+. The third-order valence-electron chi connectivity index (χ3n) is 5.60. The largest absolute Gasteiger partial charge is 0.416 e. The van der Waals surface area contributed by atoms with Gasteiger partial charge in [-0.2, -0.15) is 13.2 Å². The molecule has 3 aromatic carbocycles. The van der Waals surface area contributed by atoms with Gasteiger partial charge in [0, 0.05) is 34.2 Å². The van der Waals surface area contributed by atoms with Crippen LogP contribution in [-0.2, 0) is 17.5 Å². The number of thioether (sulfide) groups is 1. The molecule has 1 fully saturated rings. The second-order valence-corrected chi connectivity index (χ2v) is 10.0. The Bertz CT molecular complexity index is 1490. The van der Waals surface area contributed by atoms with E-state index in [2.05, 4.69) is 4.57 Å². The van der Waals surface area contributed by atoms with Crippen molar-refractivity contribution in [1.82, 2.24) is 4.57 Å². The molecule has 0 aliphatic carbocycles. The van der Waals surface area contributed by atoms with E-state index in [4.69, 9.17) is 23.8 Å². The first-order chi connectivity index (χ1) is 16.7. The number of hydrogen-bond donors (Lipinski definition) is 0. The number of nitrogens with zero attached hydrogens (tertiary/aromatic N) is 2. The van der Waals surface area contributed by atoms with Gasteiger partial charge in [0.15, 0.2) is 4.32 Å². The summed E-state index contributed by atoms with van der Waals surface area (Å²) in [6, 6.07) is 20.0. The minimum absolute atomic E-state index is 0.0934. The smallest absolute Gasteiger partial charge is 0.342 e. The molecule has 1 amide bonds. The van der Waals surface area contributed by atoms with Crippen LogP contribution in [0.5, 0.6) is 0 Å². The minimum Gasteiger partial charge on any atom is -0.342 e. The number of thiocarbonyl (C=S) groups is 1. The molecule has 4 aromatic rings. The molecule has 0 bridgehead atoms. The van der Waals surface area contributed by atoms with Crippen molar-refractivity contribution in [3.63, 3.8) is 0 Å². The highest BCUT2D eigenvalue weighted by Gasteiger charge is 2.36. The number of halogens is 4. The van der Waals surface area contributed by atoms with Crippen molar-refractivity contribution in [3.05, 3.63) is 106 Å². The second kappa shape index (κ2) is 9.18. The summed E-state index contributed by atoms with van der Waals surface area (Å²) in [4.78, 5) is 14.7. The normalized spacial score (nSPS) is 15.5. The number of carbonyl (C=O) groups is 1. The van der Waals surface area contributed by atoms with Crippen LogP contribution < -0.4 is 4.90 Å². The monoisotopic (exact) mass is 528 g/mol. The Hall–Kier alpha value is -3.07. The lowest BCUT2D eigenvalue weighted by atomic mass is 10.1. The van der Waals surface area contributed by atoms with E-state index in [1.54, 1.807) is 6.08 Å². The van der Waals surface area contributed by atoms with E-state index in [1.807, 2.05) is 54.7 Å². The third-order valence-corrected chi connectivity index (χ3v) is 7.15. The van der Waals surface area contributed by atoms with Crippen molar-refractivity contribution in [2.45, 2.75) is 12.7 Å². The summed E-state index contributed by atoms with van der Waals surface area (Å²) in [5, 5.41) is 1.61. The number of hydrogen-bond acceptors (Lipinski definition) is 3. The zero-order chi connectivity index (χ0) is 24.7. The van der Waals surface area contributed by atoms with E-state index >= 15 is 0 Å². The van der Waals surface area contributed by atoms with Crippen LogP contribution in [0, 0.1) is 0 Å². The maximum atomic E-state index is 13.2. The number of amides is 1. The van der Waals surface area contributed by atoms with Gasteiger partial charge >= 0.3 is 6.18 Å². The van der Waals surface area contributed by atoms with Gasteiger partial charge in [0.25, 0.3) is 5.91 Å². The van der Waals surface area contributed by atoms with Crippen LogP contribution in [0.2, 0.25) is 5.02 Å². The molecule has 1 aromatic heterocycles. The van der Waals surface area contributed by atoms with Gasteiger partial charge in [-0.25, -0.2) is 0 Å². The summed E-state index contributed by atoms with van der Waals surface area (Å²) in [5.41, 5.74) is 2.13. The van der Waals surface area contributed by atoms with Gasteiger partial charge in [0.2, 0.25) is 0 Å². The molecule has 0 unspecified atom stereocenters. The van der Waals surface area contributed by atoms with Gasteiger partial charge in [0.1, 0.15) is 0 Å². The van der Waals surface area contributed by atoms with Crippen LogP contribution in [0.25, 0.3) is 17.0 Å². The summed E-state index contributed by atoms with van der Waals surface area (Å²) in [6.07, 6.45) is -0.818. The number of fused-ring (bicyclic) bond motifs is 1. The van der Waals surface area contributed by atoms with Gasteiger partial charge in [-0.1, -0.05) is 72.0 Å². The van der Waals surface area contributed by atoms with Crippen molar-refractivity contribution in [2.24, 2.45) is 0 Å². The average molecular weight is 529 g/mol. The summed E-state index contributed by atoms with van der Waals surface area (Å²) in [7, 11) is 0. The summed E-state index contributed by atoms with van der Waals surface area (Å²) in [6.45, 7) is 0.608. The molecule has 5 rings (SSSR count). The van der Waals surface area contributed by atoms with Crippen molar-refractivity contribution in [1.29, 1.82) is 0 Å². The van der Waals surface area contributed by atoms with Crippen LogP contribution in [0.1, 0.15) is 16.7 Å². The Balaban J connectivity index is 1.50. The Kier molecular flexibility index (Phi) is 6.21. The summed E-state index contributed by atoms with van der Waals surface area (Å²) >= 11 is 12.4. The van der Waals surface area contributed by atoms with E-state index in [-0.39, 0.29) is 10.0 Å². The molecule has 176 valence electrons. The van der Waals surface area contributed by atoms with Gasteiger partial charge in [0.05, 0.1) is 16.2 Å². The fourth-order valence-corrected chi connectivity index (χ4v) is 5.38. The first-order valence-corrected chi connectivity index (χ1v) is 12.1. The highest BCUT2D eigenvalue weighted by atomic mass is 35.5. The van der Waals surface area contributed by atoms with Crippen LogP contribution in [-0.4, -0.2) is 14.8 Å². The van der Waals surface area contributed by atoms with Crippen molar-refractivity contribution in [3.8, 4) is 0 Å². The van der Waals surface area contributed by atoms with Crippen molar-refractivity contribution < 1.29 is 18.0 Å². The molecule has 0 spiro atoms. The number of anilines is 1. The summed E-state index contributed by atoms with van der Waals surface area (Å²) < 4.78 is 41.8. The Labute approximate surface area is 213 Å². The second-order valence-electron chi connectivity index (χ2n) is 7.92. The Morgan fingerprint density at radius 3 is 2.49 bits per heavy atom. The number of carbonyl (C=O) groups excluding carboxylic acids is 1. The number of para-hydroxylation sites is 1. The molecule has 2 heterocycles. The topological polar surface area (TPSA) is 25.2 Å². The lowest BCUT2D eigenvalue weighted by molar-refractivity contribution is -0.137. The molecule has 1 saturated heterocycles. The lowest BCUT2D eigenvalue weighted by Crippen LogP contribution is -2.27. The maximum Gasteiger partial charge on any atom is 0.416 e. The third kappa shape index (κ3) is 4.74. The molecule has 9 heteroatoms. The van der Waals surface area contributed by atoms with E-state index in [9.17, 15) is 18.0 Å².